The van der Waals surface area contributed by atoms with Gasteiger partial charge in [0.05, 0.1) is 44.5 Å². The molecule has 0 amide bonds. The van der Waals surface area contributed by atoms with E-state index in [0.717, 1.165) is 0 Å². The highest BCUT2D eigenvalue weighted by Gasteiger charge is 2.33. The van der Waals surface area contributed by atoms with E-state index >= 15 is 0 Å². The first-order valence-electron chi connectivity index (χ1n) is 18.9. The molecule has 4 aliphatic heterocycles. The second kappa shape index (κ2) is 17.2. The predicted octanol–water partition coefficient (Wildman–Crippen LogP) is 8.17. The van der Waals surface area contributed by atoms with Crippen LogP contribution in [0.2, 0.25) is 0 Å². The first kappa shape index (κ1) is 41.8. The Balaban J connectivity index is 0.000000162. The van der Waals surface area contributed by atoms with Gasteiger partial charge in [-0.25, -0.2) is 38.4 Å². The number of esters is 8. The lowest BCUT2D eigenvalue weighted by atomic mass is 10.1. The predicted molar refractivity (Wildman–Crippen MR) is 215 cm³/mol. The molecule has 0 saturated heterocycles. The van der Waals surface area contributed by atoms with Crippen LogP contribution in [0, 0.1) is 0 Å². The summed E-state index contributed by atoms with van der Waals surface area (Å²) in [6.07, 6.45) is -0.167. The molecule has 0 unspecified atom stereocenters. The zero-order chi connectivity index (χ0) is 45.2. The third-order valence-electron chi connectivity index (χ3n) is 9.06. The summed E-state index contributed by atoms with van der Waals surface area (Å²) < 4.78 is 41.0. The Hall–Kier alpha value is -8.96. The summed E-state index contributed by atoms with van der Waals surface area (Å²) in [5.41, 5.74) is 1.45. The van der Waals surface area contributed by atoms with Crippen LogP contribution in [0.5, 0.6) is 46.0 Å². The number of benzene rings is 6. The maximum atomic E-state index is 11.6. The Morgan fingerprint density at radius 1 is 0.297 bits per heavy atom. The summed E-state index contributed by atoms with van der Waals surface area (Å²) in [5, 5.41) is 8.06. The highest BCUT2D eigenvalue weighted by Crippen LogP contribution is 2.34. The Bertz CT molecular complexity index is 2570. The SMILES string of the molecule is CC(C)O.O=C1OC(=O)c2cc(Oc3ccc(Oc4ccc5c(c4)C(=O)OC5=O)cc3)ccc21.O=C1OC(=O)c2cc(Oc3ccc(Oc4ccc5c(c4)C(=O)OC5=O)cc3)ccc21. The van der Waals surface area contributed by atoms with E-state index in [4.69, 9.17) is 24.1 Å². The normalized spacial score (nSPS) is 13.8. The number of ether oxygens (including phenoxy) is 8. The van der Waals surface area contributed by atoms with E-state index in [1.54, 1.807) is 86.6 Å². The Kier molecular flexibility index (Phi) is 11.2. The number of hydrogen-bond acceptors (Lipinski definition) is 17. The van der Waals surface area contributed by atoms with Gasteiger partial charge in [-0.3, -0.25) is 0 Å². The van der Waals surface area contributed by atoms with Crippen LogP contribution in [0.4, 0.5) is 0 Å². The molecule has 318 valence electrons. The summed E-state index contributed by atoms with van der Waals surface area (Å²) in [5.74, 6) is -2.13. The average molecular weight is 865 g/mol. The van der Waals surface area contributed by atoms with Crippen molar-refractivity contribution in [2.24, 2.45) is 0 Å². The summed E-state index contributed by atoms with van der Waals surface area (Å²) >= 11 is 0. The monoisotopic (exact) mass is 864 g/mol. The number of fused-ring (bicyclic) bond motifs is 4. The van der Waals surface area contributed by atoms with Crippen LogP contribution >= 0.6 is 0 Å². The minimum Gasteiger partial charge on any atom is -0.457 e. The fourth-order valence-corrected chi connectivity index (χ4v) is 6.21. The number of cyclic esters (lactones) is 8. The molecular formula is C47H28O17. The zero-order valence-electron chi connectivity index (χ0n) is 33.1. The van der Waals surface area contributed by atoms with Gasteiger partial charge in [-0.15, -0.1) is 0 Å². The summed E-state index contributed by atoms with van der Waals surface area (Å²) in [4.78, 5) is 92.5. The van der Waals surface area contributed by atoms with E-state index in [1.165, 1.54) is 48.5 Å². The topological polar surface area (TPSA) is 231 Å². The van der Waals surface area contributed by atoms with Gasteiger partial charge in [-0.05, 0) is 135 Å². The van der Waals surface area contributed by atoms with E-state index in [9.17, 15) is 38.4 Å². The lowest BCUT2D eigenvalue weighted by Crippen LogP contribution is -1.96. The van der Waals surface area contributed by atoms with Crippen LogP contribution in [0.1, 0.15) is 96.7 Å². The number of aliphatic hydroxyl groups is 1. The molecule has 0 saturated carbocycles. The molecule has 64 heavy (non-hydrogen) atoms. The summed E-state index contributed by atoms with van der Waals surface area (Å²) in [7, 11) is 0. The highest BCUT2D eigenvalue weighted by atomic mass is 16.6. The fourth-order valence-electron chi connectivity index (χ4n) is 6.21. The van der Waals surface area contributed by atoms with Gasteiger partial charge in [0.1, 0.15) is 46.0 Å². The molecular weight excluding hydrogens is 836 g/mol. The molecule has 0 aliphatic carbocycles. The van der Waals surface area contributed by atoms with Crippen molar-refractivity contribution in [3.63, 3.8) is 0 Å². The maximum Gasteiger partial charge on any atom is 0.347 e. The Labute approximate surface area is 360 Å². The summed E-state index contributed by atoms with van der Waals surface area (Å²) in [6.45, 7) is 3.44. The minimum atomic E-state index is -0.705. The molecule has 0 fully saturated rings. The van der Waals surface area contributed by atoms with E-state index in [-0.39, 0.29) is 50.6 Å². The van der Waals surface area contributed by atoms with Gasteiger partial charge in [-0.2, -0.15) is 0 Å². The second-order valence-corrected chi connectivity index (χ2v) is 14.0. The summed E-state index contributed by atoms with van der Waals surface area (Å²) in [6, 6.07) is 31.1. The number of carbonyl (C=O) groups excluding carboxylic acids is 8. The molecule has 17 nitrogen and oxygen atoms in total. The maximum absolute atomic E-state index is 11.6. The van der Waals surface area contributed by atoms with Crippen LogP contribution < -0.4 is 18.9 Å². The first-order valence-corrected chi connectivity index (χ1v) is 18.9. The molecule has 0 radical (unpaired) electrons. The average Bonchev–Trinajstić information content (AvgIpc) is 3.93. The molecule has 4 heterocycles. The molecule has 6 aromatic carbocycles. The Morgan fingerprint density at radius 3 is 0.641 bits per heavy atom. The van der Waals surface area contributed by atoms with Gasteiger partial charge >= 0.3 is 47.8 Å². The van der Waals surface area contributed by atoms with Gasteiger partial charge in [0.25, 0.3) is 0 Å². The van der Waals surface area contributed by atoms with Crippen molar-refractivity contribution >= 4 is 47.8 Å². The fraction of sp³-hybridized carbons (Fsp3) is 0.0638. The molecule has 0 bridgehead atoms. The van der Waals surface area contributed by atoms with Gasteiger partial charge in [0.15, 0.2) is 0 Å². The second-order valence-electron chi connectivity index (χ2n) is 14.0. The molecule has 0 aromatic heterocycles. The lowest BCUT2D eigenvalue weighted by molar-refractivity contribution is 0.0425. The van der Waals surface area contributed by atoms with E-state index < -0.39 is 47.8 Å². The largest absolute Gasteiger partial charge is 0.457 e. The van der Waals surface area contributed by atoms with Crippen molar-refractivity contribution in [3.8, 4) is 46.0 Å². The first-order chi connectivity index (χ1) is 30.7. The quantitative estimate of drug-likeness (QED) is 0.0863. The van der Waals surface area contributed by atoms with Crippen molar-refractivity contribution < 1.29 is 81.4 Å². The molecule has 17 heteroatoms. The van der Waals surface area contributed by atoms with E-state index in [0.29, 0.717) is 46.0 Å². The molecule has 1 N–H and O–H groups in total. The van der Waals surface area contributed by atoms with Crippen molar-refractivity contribution in [1.29, 1.82) is 0 Å². The van der Waals surface area contributed by atoms with Gasteiger partial charge in [-0.1, -0.05) is 0 Å². The van der Waals surface area contributed by atoms with E-state index in [2.05, 4.69) is 18.9 Å². The van der Waals surface area contributed by atoms with E-state index in [1.807, 2.05) is 0 Å². The van der Waals surface area contributed by atoms with Gasteiger partial charge in [0.2, 0.25) is 0 Å². The standard InChI is InChI=1S/2C22H10O8.C3H8O/c2*23-19-15-7-5-13(9-17(15)21(25)29-19)27-11-1-2-12(4-3-11)28-14-6-8-16-18(10-14)22(26)30-20(16)24;1-3(2)4/h2*1-10H;3-4H,1-2H3. The molecule has 4 aliphatic rings. The van der Waals surface area contributed by atoms with Crippen LogP contribution in [-0.2, 0) is 18.9 Å². The highest BCUT2D eigenvalue weighted by molar-refractivity contribution is 6.17. The number of aliphatic hydroxyl groups excluding tert-OH is 1. The molecule has 6 aromatic rings. The van der Waals surface area contributed by atoms with Crippen molar-refractivity contribution in [3.05, 3.63) is 166 Å². The molecule has 10 rings (SSSR count). The lowest BCUT2D eigenvalue weighted by Gasteiger charge is -2.09. The number of carbonyl (C=O) groups is 8. The Morgan fingerprint density at radius 2 is 0.453 bits per heavy atom. The van der Waals surface area contributed by atoms with Crippen molar-refractivity contribution in [1.82, 2.24) is 0 Å². The third-order valence-corrected chi connectivity index (χ3v) is 9.06. The molecule has 0 spiro atoms. The van der Waals surface area contributed by atoms with Gasteiger partial charge < -0.3 is 43.0 Å². The van der Waals surface area contributed by atoms with Crippen LogP contribution in [-0.4, -0.2) is 59.0 Å². The minimum absolute atomic E-state index is 0.158. The third kappa shape index (κ3) is 8.90. The van der Waals surface area contributed by atoms with Crippen LogP contribution in [0.25, 0.3) is 0 Å². The smallest absolute Gasteiger partial charge is 0.347 e. The van der Waals surface area contributed by atoms with Crippen LogP contribution in [0.15, 0.2) is 121 Å². The van der Waals surface area contributed by atoms with Gasteiger partial charge in [0, 0.05) is 6.10 Å². The van der Waals surface area contributed by atoms with Crippen molar-refractivity contribution in [2.75, 3.05) is 0 Å². The number of rotatable bonds is 8. The zero-order valence-corrected chi connectivity index (χ0v) is 33.1. The van der Waals surface area contributed by atoms with Crippen LogP contribution in [0.3, 0.4) is 0 Å². The number of hydrogen-bond donors (Lipinski definition) is 1. The molecule has 0 atom stereocenters. The van der Waals surface area contributed by atoms with Crippen molar-refractivity contribution in [2.45, 2.75) is 20.0 Å².